The summed E-state index contributed by atoms with van der Waals surface area (Å²) in [4.78, 5) is 24.3. The van der Waals surface area contributed by atoms with Gasteiger partial charge in [0, 0.05) is 10.9 Å². The van der Waals surface area contributed by atoms with Crippen LogP contribution in [0.4, 0.5) is 0 Å². The molecular formula is C20H21NO5. The van der Waals surface area contributed by atoms with Gasteiger partial charge in [-0.05, 0) is 34.9 Å². The summed E-state index contributed by atoms with van der Waals surface area (Å²) in [7, 11) is 1.30. The van der Waals surface area contributed by atoms with Crippen molar-refractivity contribution in [2.75, 3.05) is 7.11 Å². The number of fused-ring (bicyclic) bond motifs is 3. The molecule has 0 aliphatic rings. The molecule has 0 aliphatic carbocycles. The van der Waals surface area contributed by atoms with Gasteiger partial charge in [-0.2, -0.15) is 0 Å². The number of methoxy groups -OCH3 is 1. The summed E-state index contributed by atoms with van der Waals surface area (Å²) in [5.74, 6) is -0.716. The second-order valence-corrected chi connectivity index (χ2v) is 6.59. The van der Waals surface area contributed by atoms with Crippen molar-refractivity contribution < 1.29 is 23.8 Å². The van der Waals surface area contributed by atoms with Crippen molar-refractivity contribution in [1.29, 1.82) is 0 Å². The Morgan fingerprint density at radius 2 is 1.96 bits per heavy atom. The van der Waals surface area contributed by atoms with E-state index in [1.807, 2.05) is 32.0 Å². The maximum absolute atomic E-state index is 12.5. The Balaban J connectivity index is 1.92. The molecule has 1 aromatic heterocycles. The first-order valence-corrected chi connectivity index (χ1v) is 8.39. The van der Waals surface area contributed by atoms with Crippen molar-refractivity contribution in [1.82, 2.24) is 5.32 Å². The van der Waals surface area contributed by atoms with Crippen LogP contribution in [0.3, 0.4) is 0 Å². The molecule has 136 valence electrons. The Bertz CT molecular complexity index is 973. The molecule has 1 atom stereocenters. The number of carbonyl (C=O) groups is 2. The standard InChI is InChI=1S/C20H21NO5/c1-11(2)19(20(24)25-3)21-17(23)8-13-10-26-16-7-5-12-4-6-14(22)9-15(12)18(13)16/h4-7,9-11,19,22H,8H2,1-3H3,(H,21,23)/t19-/m0/s1. The molecule has 1 amide bonds. The number of nitrogens with one attached hydrogen (secondary N) is 1. The van der Waals surface area contributed by atoms with Crippen LogP contribution in [0.2, 0.25) is 0 Å². The summed E-state index contributed by atoms with van der Waals surface area (Å²) in [6.07, 6.45) is 1.60. The van der Waals surface area contributed by atoms with Crippen LogP contribution in [-0.4, -0.2) is 30.1 Å². The van der Waals surface area contributed by atoms with Gasteiger partial charge in [0.05, 0.1) is 19.8 Å². The number of phenolic OH excluding ortho intramolecular Hbond substituents is 1. The quantitative estimate of drug-likeness (QED) is 0.686. The molecule has 0 saturated carbocycles. The lowest BCUT2D eigenvalue weighted by Crippen LogP contribution is -2.45. The fourth-order valence-corrected chi connectivity index (χ4v) is 3.06. The van der Waals surface area contributed by atoms with Crippen molar-refractivity contribution in [3.63, 3.8) is 0 Å². The Kier molecular flexibility index (Phi) is 4.84. The van der Waals surface area contributed by atoms with Crippen LogP contribution in [-0.2, 0) is 20.7 Å². The number of carbonyl (C=O) groups excluding carboxylic acids is 2. The number of benzene rings is 2. The zero-order valence-electron chi connectivity index (χ0n) is 14.9. The van der Waals surface area contributed by atoms with Gasteiger partial charge in [0.1, 0.15) is 17.4 Å². The van der Waals surface area contributed by atoms with Gasteiger partial charge >= 0.3 is 5.97 Å². The average Bonchev–Trinajstić information content (AvgIpc) is 3.02. The van der Waals surface area contributed by atoms with E-state index in [0.717, 1.165) is 16.2 Å². The minimum Gasteiger partial charge on any atom is -0.508 e. The molecule has 3 aromatic rings. The molecule has 0 fully saturated rings. The number of aromatic hydroxyl groups is 1. The van der Waals surface area contributed by atoms with Crippen LogP contribution < -0.4 is 5.32 Å². The van der Waals surface area contributed by atoms with E-state index in [1.54, 1.807) is 12.1 Å². The second-order valence-electron chi connectivity index (χ2n) is 6.59. The number of rotatable bonds is 5. The van der Waals surface area contributed by atoms with Crippen LogP contribution in [0, 0.1) is 5.92 Å². The maximum atomic E-state index is 12.5. The average molecular weight is 355 g/mol. The summed E-state index contributed by atoms with van der Waals surface area (Å²) in [5.41, 5.74) is 1.33. The number of furan rings is 1. The number of hydrogen-bond acceptors (Lipinski definition) is 5. The van der Waals surface area contributed by atoms with Crippen LogP contribution in [0.25, 0.3) is 21.7 Å². The highest BCUT2D eigenvalue weighted by molar-refractivity contribution is 6.08. The highest BCUT2D eigenvalue weighted by Gasteiger charge is 2.25. The molecular weight excluding hydrogens is 334 g/mol. The monoisotopic (exact) mass is 355 g/mol. The number of phenols is 1. The number of hydrogen-bond donors (Lipinski definition) is 2. The van der Waals surface area contributed by atoms with E-state index in [0.29, 0.717) is 11.1 Å². The van der Waals surface area contributed by atoms with E-state index in [2.05, 4.69) is 5.32 Å². The van der Waals surface area contributed by atoms with Crippen molar-refractivity contribution in [3.8, 4) is 5.75 Å². The van der Waals surface area contributed by atoms with Crippen LogP contribution in [0.1, 0.15) is 19.4 Å². The molecule has 0 saturated heterocycles. The van der Waals surface area contributed by atoms with Crippen molar-refractivity contribution in [2.45, 2.75) is 26.3 Å². The molecule has 0 unspecified atom stereocenters. The minimum atomic E-state index is -0.702. The van der Waals surface area contributed by atoms with E-state index in [9.17, 15) is 14.7 Å². The normalized spacial score (nSPS) is 12.5. The molecule has 0 radical (unpaired) electrons. The lowest BCUT2D eigenvalue weighted by Gasteiger charge is -2.19. The summed E-state index contributed by atoms with van der Waals surface area (Å²) in [6.45, 7) is 3.68. The number of ether oxygens (including phenoxy) is 1. The Morgan fingerprint density at radius 1 is 1.23 bits per heavy atom. The van der Waals surface area contributed by atoms with Gasteiger partial charge in [-0.15, -0.1) is 0 Å². The number of esters is 1. The lowest BCUT2D eigenvalue weighted by atomic mass is 10.0. The van der Waals surface area contributed by atoms with Crippen LogP contribution >= 0.6 is 0 Å². The van der Waals surface area contributed by atoms with Gasteiger partial charge in [-0.25, -0.2) is 4.79 Å². The summed E-state index contributed by atoms with van der Waals surface area (Å²) in [5, 5.41) is 15.1. The molecule has 2 aromatic carbocycles. The fraction of sp³-hybridized carbons (Fsp3) is 0.300. The first-order chi connectivity index (χ1) is 12.4. The summed E-state index contributed by atoms with van der Waals surface area (Å²) in [6, 6.07) is 8.11. The van der Waals surface area contributed by atoms with Gasteiger partial charge in [0.25, 0.3) is 0 Å². The minimum absolute atomic E-state index is 0.0575. The first kappa shape index (κ1) is 17.8. The van der Waals surface area contributed by atoms with Crippen LogP contribution in [0.5, 0.6) is 5.75 Å². The fourth-order valence-electron chi connectivity index (χ4n) is 3.06. The molecule has 6 nitrogen and oxygen atoms in total. The van der Waals surface area contributed by atoms with E-state index < -0.39 is 12.0 Å². The first-order valence-electron chi connectivity index (χ1n) is 8.39. The largest absolute Gasteiger partial charge is 0.508 e. The van der Waals surface area contributed by atoms with Crippen molar-refractivity contribution >= 4 is 33.6 Å². The third-order valence-corrected chi connectivity index (χ3v) is 4.41. The van der Waals surface area contributed by atoms with Crippen LogP contribution in [0.15, 0.2) is 41.0 Å². The molecule has 0 aliphatic heterocycles. The van der Waals surface area contributed by atoms with E-state index in [4.69, 9.17) is 9.15 Å². The van der Waals surface area contributed by atoms with Gasteiger partial charge in [0.15, 0.2) is 0 Å². The predicted molar refractivity (Wildman–Crippen MR) is 97.9 cm³/mol. The molecule has 6 heteroatoms. The van der Waals surface area contributed by atoms with Crippen molar-refractivity contribution in [2.24, 2.45) is 5.92 Å². The SMILES string of the molecule is COC(=O)[C@@H](NC(=O)Cc1coc2ccc3ccc(O)cc3c12)C(C)C. The topological polar surface area (TPSA) is 88.8 Å². The zero-order chi connectivity index (χ0) is 18.8. The lowest BCUT2D eigenvalue weighted by molar-refractivity contribution is -0.146. The Labute approximate surface area is 150 Å². The molecule has 1 heterocycles. The third-order valence-electron chi connectivity index (χ3n) is 4.41. The molecule has 0 bridgehead atoms. The molecule has 2 N–H and O–H groups in total. The molecule has 0 spiro atoms. The van der Waals surface area contributed by atoms with Gasteiger partial charge in [0.2, 0.25) is 5.91 Å². The summed E-state index contributed by atoms with van der Waals surface area (Å²) >= 11 is 0. The van der Waals surface area contributed by atoms with E-state index in [-0.39, 0.29) is 24.0 Å². The highest BCUT2D eigenvalue weighted by Crippen LogP contribution is 2.32. The van der Waals surface area contributed by atoms with Gasteiger partial charge in [-0.3, -0.25) is 4.79 Å². The van der Waals surface area contributed by atoms with Crippen molar-refractivity contribution in [3.05, 3.63) is 42.2 Å². The second kappa shape index (κ2) is 7.07. The van der Waals surface area contributed by atoms with Gasteiger partial charge in [-0.1, -0.05) is 26.0 Å². The highest BCUT2D eigenvalue weighted by atomic mass is 16.5. The predicted octanol–water partition coefficient (Wildman–Crippen LogP) is 3.15. The summed E-state index contributed by atoms with van der Waals surface area (Å²) < 4.78 is 10.3. The maximum Gasteiger partial charge on any atom is 0.328 e. The molecule has 26 heavy (non-hydrogen) atoms. The smallest absolute Gasteiger partial charge is 0.328 e. The van der Waals surface area contributed by atoms with Gasteiger partial charge < -0.3 is 19.6 Å². The third kappa shape index (κ3) is 3.35. The zero-order valence-corrected chi connectivity index (χ0v) is 14.9. The Hall–Kier alpha value is -3.02. The Morgan fingerprint density at radius 3 is 2.65 bits per heavy atom. The number of amides is 1. The molecule has 3 rings (SSSR count). The van der Waals surface area contributed by atoms with E-state index in [1.165, 1.54) is 13.4 Å². The van der Waals surface area contributed by atoms with E-state index >= 15 is 0 Å².